The third-order valence-corrected chi connectivity index (χ3v) is 4.75. The van der Waals surface area contributed by atoms with Crippen LogP contribution in [0.4, 0.5) is 4.39 Å². The standard InChI is InChI=1S/C20H29FN2O2/c1-2-3-4-5-6-7-8-19(24)22-13-15-23(16-14-22)20(25)17-9-11-18(21)12-10-17/h9-12H,2-8,13-16H2,1H3. The fraction of sp³-hybridized carbons (Fsp3) is 0.600. The Balaban J connectivity index is 1.69. The van der Waals surface area contributed by atoms with Crippen LogP contribution in [-0.2, 0) is 4.79 Å². The van der Waals surface area contributed by atoms with Gasteiger partial charge in [-0.15, -0.1) is 0 Å². The van der Waals surface area contributed by atoms with E-state index in [1.54, 1.807) is 4.90 Å². The van der Waals surface area contributed by atoms with Gasteiger partial charge in [0.25, 0.3) is 5.91 Å². The van der Waals surface area contributed by atoms with Crippen molar-refractivity contribution in [3.05, 3.63) is 35.6 Å². The van der Waals surface area contributed by atoms with Gasteiger partial charge in [-0.05, 0) is 30.7 Å². The highest BCUT2D eigenvalue weighted by Gasteiger charge is 2.24. The minimum atomic E-state index is -0.346. The van der Waals surface area contributed by atoms with Gasteiger partial charge in [0.15, 0.2) is 0 Å². The molecular formula is C20H29FN2O2. The van der Waals surface area contributed by atoms with Crippen molar-refractivity contribution in [1.82, 2.24) is 9.80 Å². The molecule has 0 radical (unpaired) electrons. The lowest BCUT2D eigenvalue weighted by molar-refractivity contribution is -0.132. The minimum absolute atomic E-state index is 0.0944. The normalized spacial score (nSPS) is 14.6. The summed E-state index contributed by atoms with van der Waals surface area (Å²) in [6, 6.07) is 5.61. The highest BCUT2D eigenvalue weighted by Crippen LogP contribution is 2.12. The molecule has 1 aliphatic rings. The average molecular weight is 348 g/mol. The molecule has 5 heteroatoms. The number of amides is 2. The number of hydrogen-bond donors (Lipinski definition) is 0. The van der Waals surface area contributed by atoms with E-state index in [4.69, 9.17) is 0 Å². The summed E-state index contributed by atoms with van der Waals surface area (Å²) in [6.07, 6.45) is 7.66. The van der Waals surface area contributed by atoms with E-state index in [1.165, 1.54) is 49.9 Å². The average Bonchev–Trinajstić information content (AvgIpc) is 2.64. The van der Waals surface area contributed by atoms with Crippen LogP contribution in [0.5, 0.6) is 0 Å². The monoisotopic (exact) mass is 348 g/mol. The molecule has 0 saturated carbocycles. The topological polar surface area (TPSA) is 40.6 Å². The fourth-order valence-electron chi connectivity index (χ4n) is 3.15. The van der Waals surface area contributed by atoms with Crippen molar-refractivity contribution in [3.8, 4) is 0 Å². The molecule has 0 atom stereocenters. The second-order valence-electron chi connectivity index (χ2n) is 6.70. The van der Waals surface area contributed by atoms with E-state index in [1.807, 2.05) is 4.90 Å². The molecule has 1 aromatic rings. The molecule has 4 nitrogen and oxygen atoms in total. The highest BCUT2D eigenvalue weighted by atomic mass is 19.1. The Morgan fingerprint density at radius 2 is 1.44 bits per heavy atom. The van der Waals surface area contributed by atoms with Crippen molar-refractivity contribution < 1.29 is 14.0 Å². The van der Waals surface area contributed by atoms with Gasteiger partial charge in [0.05, 0.1) is 0 Å². The molecule has 0 N–H and O–H groups in total. The smallest absolute Gasteiger partial charge is 0.253 e. The van der Waals surface area contributed by atoms with E-state index < -0.39 is 0 Å². The van der Waals surface area contributed by atoms with Crippen LogP contribution < -0.4 is 0 Å². The Morgan fingerprint density at radius 3 is 2.08 bits per heavy atom. The zero-order chi connectivity index (χ0) is 18.1. The van der Waals surface area contributed by atoms with Crippen molar-refractivity contribution in [2.24, 2.45) is 0 Å². The van der Waals surface area contributed by atoms with Gasteiger partial charge in [-0.1, -0.05) is 39.0 Å². The predicted molar refractivity (Wildman–Crippen MR) is 96.9 cm³/mol. The van der Waals surface area contributed by atoms with E-state index in [2.05, 4.69) is 6.92 Å². The summed E-state index contributed by atoms with van der Waals surface area (Å²) in [5, 5.41) is 0. The zero-order valence-electron chi connectivity index (χ0n) is 15.2. The van der Waals surface area contributed by atoms with Gasteiger partial charge in [0, 0.05) is 38.2 Å². The first kappa shape index (κ1) is 19.4. The van der Waals surface area contributed by atoms with Gasteiger partial charge in [0.2, 0.25) is 5.91 Å². The summed E-state index contributed by atoms with van der Waals surface area (Å²) in [5.74, 6) is -0.242. The molecule has 1 aliphatic heterocycles. The van der Waals surface area contributed by atoms with Gasteiger partial charge in [-0.2, -0.15) is 0 Å². The van der Waals surface area contributed by atoms with Crippen LogP contribution in [0.2, 0.25) is 0 Å². The number of halogens is 1. The molecule has 0 unspecified atom stereocenters. The Morgan fingerprint density at radius 1 is 0.880 bits per heavy atom. The number of rotatable bonds is 8. The quantitative estimate of drug-likeness (QED) is 0.669. The number of benzene rings is 1. The van der Waals surface area contributed by atoms with Gasteiger partial charge < -0.3 is 9.80 Å². The van der Waals surface area contributed by atoms with Gasteiger partial charge in [0.1, 0.15) is 5.82 Å². The van der Waals surface area contributed by atoms with Crippen LogP contribution in [0.3, 0.4) is 0 Å². The minimum Gasteiger partial charge on any atom is -0.339 e. The third kappa shape index (κ3) is 6.15. The predicted octanol–water partition coefficient (Wildman–Crippen LogP) is 3.86. The molecule has 1 saturated heterocycles. The second kappa shape index (κ2) is 10.2. The molecular weight excluding hydrogens is 319 g/mol. The maximum atomic E-state index is 13.0. The molecule has 1 aromatic carbocycles. The fourth-order valence-corrected chi connectivity index (χ4v) is 3.15. The largest absolute Gasteiger partial charge is 0.339 e. The van der Waals surface area contributed by atoms with Gasteiger partial charge in [-0.3, -0.25) is 9.59 Å². The summed E-state index contributed by atoms with van der Waals surface area (Å²) < 4.78 is 13.0. The number of carbonyl (C=O) groups is 2. The highest BCUT2D eigenvalue weighted by molar-refractivity contribution is 5.94. The van der Waals surface area contributed by atoms with Crippen LogP contribution in [0, 0.1) is 5.82 Å². The first-order chi connectivity index (χ1) is 12.1. The van der Waals surface area contributed by atoms with Crippen molar-refractivity contribution >= 4 is 11.8 Å². The summed E-state index contributed by atoms with van der Waals surface area (Å²) in [7, 11) is 0. The van der Waals surface area contributed by atoms with Crippen LogP contribution in [0.25, 0.3) is 0 Å². The molecule has 25 heavy (non-hydrogen) atoms. The van der Waals surface area contributed by atoms with Crippen LogP contribution in [-0.4, -0.2) is 47.8 Å². The van der Waals surface area contributed by atoms with Crippen molar-refractivity contribution in [2.75, 3.05) is 26.2 Å². The summed E-state index contributed by atoms with van der Waals surface area (Å²) in [4.78, 5) is 28.2. The third-order valence-electron chi connectivity index (χ3n) is 4.75. The molecule has 138 valence electrons. The van der Waals surface area contributed by atoms with Crippen molar-refractivity contribution in [3.63, 3.8) is 0 Å². The van der Waals surface area contributed by atoms with Crippen LogP contribution in [0.1, 0.15) is 62.2 Å². The molecule has 1 heterocycles. The van der Waals surface area contributed by atoms with Crippen molar-refractivity contribution in [2.45, 2.75) is 51.9 Å². The van der Waals surface area contributed by atoms with Crippen molar-refractivity contribution in [1.29, 1.82) is 0 Å². The SMILES string of the molecule is CCCCCCCCC(=O)N1CCN(C(=O)c2ccc(F)cc2)CC1. The summed E-state index contributed by atoms with van der Waals surface area (Å²) in [6.45, 7) is 4.45. The number of unbranched alkanes of at least 4 members (excludes halogenated alkanes) is 5. The first-order valence-electron chi connectivity index (χ1n) is 9.44. The van der Waals surface area contributed by atoms with E-state index in [-0.39, 0.29) is 17.6 Å². The van der Waals surface area contributed by atoms with E-state index in [9.17, 15) is 14.0 Å². The number of hydrogen-bond acceptors (Lipinski definition) is 2. The maximum absolute atomic E-state index is 13.0. The molecule has 0 aromatic heterocycles. The van der Waals surface area contributed by atoms with Gasteiger partial charge in [-0.25, -0.2) is 4.39 Å². The van der Waals surface area contributed by atoms with Crippen LogP contribution in [0.15, 0.2) is 24.3 Å². The lowest BCUT2D eigenvalue weighted by Gasteiger charge is -2.35. The zero-order valence-corrected chi connectivity index (χ0v) is 15.2. The Kier molecular flexibility index (Phi) is 7.89. The summed E-state index contributed by atoms with van der Waals surface area (Å²) in [5.41, 5.74) is 0.494. The lowest BCUT2D eigenvalue weighted by Crippen LogP contribution is -2.50. The Bertz CT molecular complexity index is 551. The molecule has 2 amide bonds. The van der Waals surface area contributed by atoms with E-state index >= 15 is 0 Å². The number of nitrogens with zero attached hydrogens (tertiary/aromatic N) is 2. The molecule has 1 fully saturated rings. The second-order valence-corrected chi connectivity index (χ2v) is 6.70. The Labute approximate surface area is 150 Å². The van der Waals surface area contributed by atoms with E-state index in [0.29, 0.717) is 38.2 Å². The lowest BCUT2D eigenvalue weighted by atomic mass is 10.1. The Hall–Kier alpha value is -1.91. The molecule has 0 spiro atoms. The number of piperazine rings is 1. The summed E-state index contributed by atoms with van der Waals surface area (Å²) >= 11 is 0. The first-order valence-corrected chi connectivity index (χ1v) is 9.44. The molecule has 0 bridgehead atoms. The maximum Gasteiger partial charge on any atom is 0.253 e. The van der Waals surface area contributed by atoms with Gasteiger partial charge >= 0.3 is 0 Å². The number of carbonyl (C=O) groups excluding carboxylic acids is 2. The molecule has 2 rings (SSSR count). The van der Waals surface area contributed by atoms with E-state index in [0.717, 1.165) is 12.8 Å². The van der Waals surface area contributed by atoms with Crippen LogP contribution >= 0.6 is 0 Å². The molecule has 0 aliphatic carbocycles.